The lowest BCUT2D eigenvalue weighted by molar-refractivity contribution is 0.0500. The third-order valence-corrected chi connectivity index (χ3v) is 5.95. The molecule has 1 aromatic rings. The molecular weight excluding hydrogens is 341 g/mol. The Morgan fingerprint density at radius 1 is 1.12 bits per heavy atom. The number of carbonyl (C=O) groups excluding carboxylic acids is 1. The van der Waals surface area contributed by atoms with Gasteiger partial charge in [0.05, 0.1) is 0 Å². The van der Waals surface area contributed by atoms with Crippen LogP contribution in [0.5, 0.6) is 0 Å². The fraction of sp³-hybridized carbons (Fsp3) is 0.632. The van der Waals surface area contributed by atoms with Crippen LogP contribution in [0.2, 0.25) is 5.02 Å². The van der Waals surface area contributed by atoms with Crippen LogP contribution in [0, 0.1) is 11.7 Å². The first-order chi connectivity index (χ1) is 11.9. The molecule has 1 amide bonds. The molecule has 0 spiro atoms. The molecule has 4 nitrogen and oxygen atoms in total. The number of hydrogen-bond donors (Lipinski definition) is 0. The SMILES string of the molecule is C[C@H](C1CCN(C(=O)c2cc(F)cc(Cl)c2)CC1)N1CCN(C)CC1. The van der Waals surface area contributed by atoms with E-state index in [0.29, 0.717) is 17.5 Å². The average Bonchev–Trinajstić information content (AvgIpc) is 2.60. The molecule has 2 aliphatic heterocycles. The number of likely N-dealkylation sites (tertiary alicyclic amines) is 1. The Bertz CT molecular complexity index is 590. The van der Waals surface area contributed by atoms with Gasteiger partial charge in [0, 0.05) is 55.9 Å². The van der Waals surface area contributed by atoms with Crippen molar-refractivity contribution in [2.45, 2.75) is 25.8 Å². The number of piperidine rings is 1. The Labute approximate surface area is 154 Å². The van der Waals surface area contributed by atoms with Gasteiger partial charge in [-0.2, -0.15) is 0 Å². The van der Waals surface area contributed by atoms with Crippen molar-refractivity contribution in [2.75, 3.05) is 46.3 Å². The maximum absolute atomic E-state index is 13.5. The number of rotatable bonds is 3. The highest BCUT2D eigenvalue weighted by Gasteiger charge is 2.30. The van der Waals surface area contributed by atoms with Crippen LogP contribution >= 0.6 is 11.6 Å². The summed E-state index contributed by atoms with van der Waals surface area (Å²) in [6, 6.07) is 4.59. The predicted molar refractivity (Wildman–Crippen MR) is 98.6 cm³/mol. The van der Waals surface area contributed by atoms with Gasteiger partial charge in [-0.15, -0.1) is 0 Å². The summed E-state index contributed by atoms with van der Waals surface area (Å²) in [5, 5.41) is 0.266. The first kappa shape index (κ1) is 18.6. The minimum Gasteiger partial charge on any atom is -0.339 e. The van der Waals surface area contributed by atoms with Gasteiger partial charge in [-0.25, -0.2) is 4.39 Å². The van der Waals surface area contributed by atoms with Crippen LogP contribution in [0.15, 0.2) is 18.2 Å². The zero-order valence-corrected chi connectivity index (χ0v) is 15.8. The minimum absolute atomic E-state index is 0.118. The summed E-state index contributed by atoms with van der Waals surface area (Å²) in [6.45, 7) is 8.28. The summed E-state index contributed by atoms with van der Waals surface area (Å²) >= 11 is 5.87. The molecule has 138 valence electrons. The van der Waals surface area contributed by atoms with E-state index in [-0.39, 0.29) is 10.9 Å². The molecule has 0 N–H and O–H groups in total. The molecule has 2 saturated heterocycles. The van der Waals surface area contributed by atoms with Gasteiger partial charge in [0.2, 0.25) is 0 Å². The average molecular weight is 368 g/mol. The largest absolute Gasteiger partial charge is 0.339 e. The van der Waals surface area contributed by atoms with Crippen LogP contribution < -0.4 is 0 Å². The van der Waals surface area contributed by atoms with Crippen LogP contribution in [0.3, 0.4) is 0 Å². The molecule has 0 unspecified atom stereocenters. The second-order valence-corrected chi connectivity index (χ2v) is 7.80. The molecule has 6 heteroatoms. The van der Waals surface area contributed by atoms with Gasteiger partial charge in [0.25, 0.3) is 5.91 Å². The maximum Gasteiger partial charge on any atom is 0.254 e. The Morgan fingerprint density at radius 3 is 2.36 bits per heavy atom. The molecule has 2 fully saturated rings. The van der Waals surface area contributed by atoms with Crippen molar-refractivity contribution in [3.8, 4) is 0 Å². The van der Waals surface area contributed by atoms with Gasteiger partial charge in [0.1, 0.15) is 5.82 Å². The fourth-order valence-corrected chi connectivity index (χ4v) is 4.19. The van der Waals surface area contributed by atoms with Crippen molar-refractivity contribution in [3.05, 3.63) is 34.6 Å². The molecule has 1 atom stereocenters. The molecular formula is C19H27ClFN3O. The van der Waals surface area contributed by atoms with E-state index in [0.717, 1.165) is 52.1 Å². The summed E-state index contributed by atoms with van der Waals surface area (Å²) < 4.78 is 13.5. The Morgan fingerprint density at radius 2 is 1.76 bits per heavy atom. The van der Waals surface area contributed by atoms with Crippen LogP contribution in [0.4, 0.5) is 4.39 Å². The van der Waals surface area contributed by atoms with Gasteiger partial charge >= 0.3 is 0 Å². The van der Waals surface area contributed by atoms with Crippen molar-refractivity contribution in [1.29, 1.82) is 0 Å². The number of benzene rings is 1. The van der Waals surface area contributed by atoms with E-state index in [1.54, 1.807) is 6.07 Å². The molecule has 0 radical (unpaired) electrons. The summed E-state index contributed by atoms with van der Waals surface area (Å²) in [5.74, 6) is 0.0325. The molecule has 0 aromatic heterocycles. The lowest BCUT2D eigenvalue weighted by Gasteiger charge is -2.42. The molecule has 0 aliphatic carbocycles. The monoisotopic (exact) mass is 367 g/mol. The standard InChI is InChI=1S/C19H27ClFN3O/c1-14(23-9-7-22(2)8-10-23)15-3-5-24(6-4-15)19(25)16-11-17(20)13-18(21)12-16/h11-15H,3-10H2,1-2H3/t14-/m1/s1. The molecule has 0 saturated carbocycles. The molecule has 25 heavy (non-hydrogen) atoms. The predicted octanol–water partition coefficient (Wildman–Crippen LogP) is 2.97. The Balaban J connectivity index is 1.55. The first-order valence-corrected chi connectivity index (χ1v) is 9.50. The third-order valence-electron chi connectivity index (χ3n) is 5.73. The van der Waals surface area contributed by atoms with Crippen LogP contribution in [0.25, 0.3) is 0 Å². The molecule has 3 rings (SSSR count). The maximum atomic E-state index is 13.5. The zero-order valence-electron chi connectivity index (χ0n) is 15.0. The Kier molecular flexibility index (Phi) is 5.97. The molecule has 2 heterocycles. The lowest BCUT2D eigenvalue weighted by Crippen LogP contribution is -2.52. The highest BCUT2D eigenvalue weighted by Crippen LogP contribution is 2.26. The van der Waals surface area contributed by atoms with Gasteiger partial charge in [-0.1, -0.05) is 11.6 Å². The number of hydrogen-bond acceptors (Lipinski definition) is 3. The summed E-state index contributed by atoms with van der Waals surface area (Å²) in [7, 11) is 2.17. The van der Waals surface area contributed by atoms with Crippen molar-refractivity contribution in [1.82, 2.24) is 14.7 Å². The third kappa shape index (κ3) is 4.52. The lowest BCUT2D eigenvalue weighted by atomic mass is 9.88. The molecule has 2 aliphatic rings. The number of halogens is 2. The summed E-state index contributed by atoms with van der Waals surface area (Å²) in [6.07, 6.45) is 2.00. The van der Waals surface area contributed by atoms with Gasteiger partial charge in [-0.05, 0) is 50.9 Å². The van der Waals surface area contributed by atoms with E-state index in [9.17, 15) is 9.18 Å². The fourth-order valence-electron chi connectivity index (χ4n) is 3.97. The van der Waals surface area contributed by atoms with Crippen molar-refractivity contribution >= 4 is 17.5 Å². The van der Waals surface area contributed by atoms with Gasteiger partial charge < -0.3 is 9.80 Å². The number of carbonyl (C=O) groups is 1. The van der Waals surface area contributed by atoms with E-state index in [1.807, 2.05) is 4.90 Å². The Hall–Kier alpha value is -1.17. The van der Waals surface area contributed by atoms with Crippen LogP contribution in [-0.4, -0.2) is 73.0 Å². The number of piperazine rings is 1. The van der Waals surface area contributed by atoms with Crippen LogP contribution in [0.1, 0.15) is 30.1 Å². The van der Waals surface area contributed by atoms with E-state index >= 15 is 0 Å². The van der Waals surface area contributed by atoms with Crippen molar-refractivity contribution < 1.29 is 9.18 Å². The first-order valence-electron chi connectivity index (χ1n) is 9.12. The van der Waals surface area contributed by atoms with Gasteiger partial charge in [0.15, 0.2) is 0 Å². The van der Waals surface area contributed by atoms with E-state index in [2.05, 4.69) is 23.8 Å². The minimum atomic E-state index is -0.463. The summed E-state index contributed by atoms with van der Waals surface area (Å²) in [4.78, 5) is 19.4. The number of nitrogens with zero attached hydrogens (tertiary/aromatic N) is 3. The number of likely N-dealkylation sites (N-methyl/N-ethyl adjacent to an activating group) is 1. The normalized spacial score (nSPS) is 22.2. The van der Waals surface area contributed by atoms with E-state index in [4.69, 9.17) is 11.6 Å². The topological polar surface area (TPSA) is 26.8 Å². The highest BCUT2D eigenvalue weighted by molar-refractivity contribution is 6.31. The highest BCUT2D eigenvalue weighted by atomic mass is 35.5. The van der Waals surface area contributed by atoms with Crippen molar-refractivity contribution in [2.24, 2.45) is 5.92 Å². The van der Waals surface area contributed by atoms with Gasteiger partial charge in [-0.3, -0.25) is 9.69 Å². The van der Waals surface area contributed by atoms with Crippen LogP contribution in [-0.2, 0) is 0 Å². The van der Waals surface area contributed by atoms with E-state index in [1.165, 1.54) is 12.1 Å². The van der Waals surface area contributed by atoms with Crippen molar-refractivity contribution in [3.63, 3.8) is 0 Å². The smallest absolute Gasteiger partial charge is 0.254 e. The second kappa shape index (κ2) is 8.02. The quantitative estimate of drug-likeness (QED) is 0.821. The molecule has 0 bridgehead atoms. The summed E-state index contributed by atoms with van der Waals surface area (Å²) in [5.41, 5.74) is 0.343. The zero-order chi connectivity index (χ0) is 18.0. The van der Waals surface area contributed by atoms with E-state index < -0.39 is 5.82 Å². The second-order valence-electron chi connectivity index (χ2n) is 7.37. The molecule has 1 aromatic carbocycles. The number of amides is 1.